The Morgan fingerprint density at radius 2 is 0.500 bits per heavy atom. The van der Waals surface area contributed by atoms with Gasteiger partial charge in [-0.2, -0.15) is 0 Å². The molecule has 0 fully saturated rings. The van der Waals surface area contributed by atoms with Gasteiger partial charge in [-0.15, -0.1) is 0 Å². The Morgan fingerprint density at radius 3 is 0.500 bits per heavy atom. The van der Waals surface area contributed by atoms with Crippen LogP contribution in [0.3, 0.4) is 0 Å². The Kier molecular flexibility index (Phi) is 988. The van der Waals surface area contributed by atoms with Crippen molar-refractivity contribution in [1.29, 1.82) is 0 Å². The fraction of sp³-hybridized carbons (Fsp3) is 0. The van der Waals surface area contributed by atoms with E-state index in [0.29, 0.717) is 0 Å². The van der Waals surface area contributed by atoms with Crippen LogP contribution in [0.25, 0.3) is 0 Å². The second kappa shape index (κ2) is 61.8. The van der Waals surface area contributed by atoms with Crippen molar-refractivity contribution in [3.63, 3.8) is 0 Å². The van der Waals surface area contributed by atoms with E-state index in [0.717, 1.165) is 0 Å². The van der Waals surface area contributed by atoms with E-state index in [1.54, 1.807) is 0 Å². The number of hydrogen-bond donors (Lipinski definition) is 0. The molecule has 50 valence electrons. The first-order valence-electron chi connectivity index (χ1n) is 0. The summed E-state index contributed by atoms with van der Waals surface area (Å²) in [6.45, 7) is 0. The summed E-state index contributed by atoms with van der Waals surface area (Å²) in [4.78, 5) is 0. The molecule has 0 nitrogen and oxygen atoms in total. The summed E-state index contributed by atoms with van der Waals surface area (Å²) in [6.07, 6.45) is 0. The number of rotatable bonds is 0. The van der Waals surface area contributed by atoms with Gasteiger partial charge in [-0.3, -0.25) is 14.1 Å². The zero-order valence-electron chi connectivity index (χ0n) is 1.83. The van der Waals surface area contributed by atoms with Gasteiger partial charge >= 0.3 is 23.1 Å². The van der Waals surface area contributed by atoms with Gasteiger partial charge in [0.1, 0.15) is 0 Å². The van der Waals surface area contributed by atoms with Crippen LogP contribution in [0, 0.1) is 0 Å². The Morgan fingerprint density at radius 1 is 0.500 bits per heavy atom. The van der Waals surface area contributed by atoms with Crippen LogP contribution in [0.4, 0.5) is 14.1 Å². The van der Waals surface area contributed by atoms with Gasteiger partial charge in [0.2, 0.25) is 0 Å². The molecule has 0 unspecified atom stereocenters. The molecule has 0 bridgehead atoms. The van der Waals surface area contributed by atoms with E-state index in [-0.39, 0.29) is 81.9 Å². The van der Waals surface area contributed by atoms with Crippen molar-refractivity contribution in [3.05, 3.63) is 0 Å². The zero-order valence-corrected chi connectivity index (χ0v) is 4.79. The Labute approximate surface area is 81.1 Å². The number of hydrogen-bond acceptors (Lipinski definition) is 0. The first-order chi connectivity index (χ1) is 0. The van der Waals surface area contributed by atoms with Crippen LogP contribution in [-0.2, 0) is 44.8 Å². The molecule has 0 aliphatic heterocycles. The van der Waals surface area contributed by atoms with E-state index in [2.05, 4.69) is 0 Å². The van der Waals surface area contributed by atoms with E-state index in [9.17, 15) is 0 Å². The maximum absolute atomic E-state index is 0. The molecule has 0 N–H and O–H groups in total. The summed E-state index contributed by atoms with van der Waals surface area (Å²) in [5.74, 6) is 0. The first kappa shape index (κ1) is 95.9. The zero-order chi connectivity index (χ0) is 0. The standard InChI is InChI=1S/2Ag.3FH.Mg.2H/h;;3*1H;;;. The van der Waals surface area contributed by atoms with E-state index < -0.39 is 0 Å². The predicted molar refractivity (Wildman–Crippen MR) is 16.1 cm³/mol. The van der Waals surface area contributed by atoms with Gasteiger partial charge in [0.15, 0.2) is 0 Å². The van der Waals surface area contributed by atoms with Crippen LogP contribution in [0.5, 0.6) is 0 Å². The van der Waals surface area contributed by atoms with Gasteiger partial charge in [-0.1, -0.05) is 0 Å². The quantitative estimate of drug-likeness (QED) is 0.531. The Hall–Kier alpha value is 2.04. The minimum Gasteiger partial charge on any atom is -0.269 e. The molecule has 0 aromatic heterocycles. The smallest absolute Gasteiger partial charge is 0.269 e. The van der Waals surface area contributed by atoms with Crippen LogP contribution < -0.4 is 0 Å². The summed E-state index contributed by atoms with van der Waals surface area (Å²) in [5.41, 5.74) is 0. The normalized spacial score (nSPS) is 0. The molecule has 6 heteroatoms. The maximum Gasteiger partial charge on any atom is 0.316 e. The second-order valence-corrected chi connectivity index (χ2v) is 0. The van der Waals surface area contributed by atoms with Crippen molar-refractivity contribution in [1.82, 2.24) is 0 Å². The average Bonchev–Trinajstić information content (AvgIpc) is 0. The molecule has 0 saturated heterocycles. The Balaban J connectivity index is 0. The molecule has 2 radical (unpaired) electrons. The topological polar surface area (TPSA) is 0 Å². The number of halogens is 3. The molecule has 0 amide bonds. The molecule has 0 aromatic carbocycles. The van der Waals surface area contributed by atoms with Gasteiger partial charge < -0.3 is 0 Å². The SMILES string of the molecule is F.F.F.[Ag].[Ag].[MgH2]. The minimum atomic E-state index is 0. The summed E-state index contributed by atoms with van der Waals surface area (Å²) in [5, 5.41) is 0. The molecular weight excluding hydrogens is 297 g/mol. The maximum atomic E-state index is 0. The van der Waals surface area contributed by atoms with Crippen molar-refractivity contribution >= 4 is 23.1 Å². The molecule has 0 rings (SSSR count). The molecule has 0 atom stereocenters. The largest absolute Gasteiger partial charge is 0.316 e. The summed E-state index contributed by atoms with van der Waals surface area (Å²) < 4.78 is 0. The second-order valence-electron chi connectivity index (χ2n) is 0. The van der Waals surface area contributed by atoms with Gasteiger partial charge in [0.05, 0.1) is 0 Å². The van der Waals surface area contributed by atoms with E-state index in [1.165, 1.54) is 0 Å². The third-order valence-electron chi connectivity index (χ3n) is 0. The average molecular weight is 302 g/mol. The van der Waals surface area contributed by atoms with Crippen molar-refractivity contribution in [2.24, 2.45) is 0 Å². The van der Waals surface area contributed by atoms with Gasteiger partial charge in [0.25, 0.3) is 0 Å². The molecule has 6 heavy (non-hydrogen) atoms. The Bertz CT molecular complexity index is 8.75. The van der Waals surface area contributed by atoms with Gasteiger partial charge in [0, 0.05) is 44.8 Å². The minimum absolute atomic E-state index is 0. The van der Waals surface area contributed by atoms with E-state index in [1.807, 2.05) is 0 Å². The summed E-state index contributed by atoms with van der Waals surface area (Å²) in [7, 11) is 0. The summed E-state index contributed by atoms with van der Waals surface area (Å²) in [6, 6.07) is 0. The van der Waals surface area contributed by atoms with Gasteiger partial charge in [-0.25, -0.2) is 0 Å². The van der Waals surface area contributed by atoms with Crippen molar-refractivity contribution in [2.75, 3.05) is 0 Å². The molecule has 0 spiro atoms. The van der Waals surface area contributed by atoms with Crippen LogP contribution in [0.15, 0.2) is 0 Å². The van der Waals surface area contributed by atoms with E-state index >= 15 is 0 Å². The monoisotopic (exact) mass is 300 g/mol. The fourth-order valence-corrected chi connectivity index (χ4v) is 0. The van der Waals surface area contributed by atoms with Crippen LogP contribution in [0.1, 0.15) is 0 Å². The summed E-state index contributed by atoms with van der Waals surface area (Å²) >= 11 is 0. The predicted octanol–water partition coefficient (Wildman–Crippen LogP) is -0.464. The molecule has 0 aromatic rings. The van der Waals surface area contributed by atoms with Crippen LogP contribution in [-0.4, -0.2) is 23.1 Å². The molecule has 0 aliphatic rings. The molecule has 0 aliphatic carbocycles. The van der Waals surface area contributed by atoms with Crippen molar-refractivity contribution in [2.45, 2.75) is 0 Å². The van der Waals surface area contributed by atoms with Crippen LogP contribution >= 0.6 is 0 Å². The van der Waals surface area contributed by atoms with Crippen LogP contribution in [0.2, 0.25) is 0 Å². The fourth-order valence-electron chi connectivity index (χ4n) is 0. The van der Waals surface area contributed by atoms with Crippen molar-refractivity contribution in [3.8, 4) is 0 Å². The van der Waals surface area contributed by atoms with Gasteiger partial charge in [-0.05, 0) is 0 Å². The van der Waals surface area contributed by atoms with Crippen molar-refractivity contribution < 1.29 is 58.9 Å². The molecule has 0 saturated carbocycles. The third kappa shape index (κ3) is 36.9. The molecule has 0 heterocycles. The molecular formula is H5Ag2F3Mg. The first-order valence-corrected chi connectivity index (χ1v) is 0. The third-order valence-corrected chi connectivity index (χ3v) is 0. The van der Waals surface area contributed by atoms with E-state index in [4.69, 9.17) is 0 Å².